The summed E-state index contributed by atoms with van der Waals surface area (Å²) in [4.78, 5) is 0. The standard InChI is InChI=1S/C14H13F2NO4S/c1-8-2-5-12(22)17(7-8)9-3-4-10(13(15,18)19)11(6-9)14(16,20)21/h2-7,18-21H,1H3. The molecule has 0 fully saturated rings. The number of aromatic nitrogens is 1. The van der Waals surface area contributed by atoms with E-state index in [1.54, 1.807) is 25.3 Å². The minimum absolute atomic E-state index is 0.196. The second-order valence-corrected chi connectivity index (χ2v) is 5.24. The summed E-state index contributed by atoms with van der Waals surface area (Å²) < 4.78 is 28.5. The largest absolute Gasteiger partial charge is 0.344 e. The van der Waals surface area contributed by atoms with Crippen LogP contribution in [0.3, 0.4) is 0 Å². The zero-order valence-corrected chi connectivity index (χ0v) is 12.2. The molecule has 4 N–H and O–H groups in total. The van der Waals surface area contributed by atoms with Crippen molar-refractivity contribution < 1.29 is 29.2 Å². The van der Waals surface area contributed by atoms with Gasteiger partial charge in [0.2, 0.25) is 0 Å². The molecule has 0 saturated heterocycles. The van der Waals surface area contributed by atoms with E-state index in [0.717, 1.165) is 17.7 Å². The number of nitrogens with zero attached hydrogens (tertiary/aromatic N) is 1. The van der Waals surface area contributed by atoms with Crippen molar-refractivity contribution in [2.75, 3.05) is 0 Å². The summed E-state index contributed by atoms with van der Waals surface area (Å²) in [5.74, 6) is 0. The van der Waals surface area contributed by atoms with Crippen molar-refractivity contribution in [1.29, 1.82) is 0 Å². The smallest absolute Gasteiger partial charge is 0.336 e. The number of pyridine rings is 1. The maximum Gasteiger partial charge on any atom is 0.344 e. The van der Waals surface area contributed by atoms with Crippen molar-refractivity contribution in [2.45, 2.75) is 19.0 Å². The molecule has 0 amide bonds. The highest BCUT2D eigenvalue weighted by Crippen LogP contribution is 2.32. The number of hydrogen-bond acceptors (Lipinski definition) is 5. The fraction of sp³-hybridized carbons (Fsp3) is 0.214. The van der Waals surface area contributed by atoms with Crippen LogP contribution in [0, 0.1) is 11.6 Å². The maximum atomic E-state index is 13.5. The third kappa shape index (κ3) is 3.37. The summed E-state index contributed by atoms with van der Waals surface area (Å²) in [6, 6.07) is -1.59. The Balaban J connectivity index is 2.72. The Morgan fingerprint density at radius 3 is 2.09 bits per heavy atom. The summed E-state index contributed by atoms with van der Waals surface area (Å²) in [5.41, 5.74) is -1.05. The van der Waals surface area contributed by atoms with Gasteiger partial charge in [0.05, 0.1) is 11.1 Å². The first-order valence-corrected chi connectivity index (χ1v) is 6.53. The minimum Gasteiger partial charge on any atom is -0.336 e. The molecular formula is C14H13F2NO4S. The second kappa shape index (κ2) is 5.49. The van der Waals surface area contributed by atoms with Crippen LogP contribution >= 0.6 is 12.2 Å². The van der Waals surface area contributed by atoms with Gasteiger partial charge in [-0.05, 0) is 36.8 Å². The number of rotatable bonds is 3. The van der Waals surface area contributed by atoms with E-state index >= 15 is 0 Å². The van der Waals surface area contributed by atoms with Crippen molar-refractivity contribution in [1.82, 2.24) is 4.57 Å². The Morgan fingerprint density at radius 2 is 1.55 bits per heavy atom. The second-order valence-electron chi connectivity index (χ2n) is 4.82. The number of alkyl halides is 2. The quantitative estimate of drug-likeness (QED) is 0.508. The van der Waals surface area contributed by atoms with Crippen LogP contribution in [0.1, 0.15) is 16.7 Å². The van der Waals surface area contributed by atoms with E-state index in [2.05, 4.69) is 0 Å². The highest BCUT2D eigenvalue weighted by molar-refractivity contribution is 7.71. The highest BCUT2D eigenvalue weighted by atomic mass is 32.1. The first-order valence-electron chi connectivity index (χ1n) is 6.12. The molecule has 0 saturated carbocycles. The average Bonchev–Trinajstić information content (AvgIpc) is 2.39. The van der Waals surface area contributed by atoms with Gasteiger partial charge in [0.15, 0.2) is 0 Å². The molecule has 0 atom stereocenters. The van der Waals surface area contributed by atoms with Crippen LogP contribution < -0.4 is 0 Å². The predicted molar refractivity (Wildman–Crippen MR) is 75.8 cm³/mol. The lowest BCUT2D eigenvalue weighted by Crippen LogP contribution is -2.28. The van der Waals surface area contributed by atoms with Gasteiger partial charge in [-0.15, -0.1) is 0 Å². The van der Waals surface area contributed by atoms with Crippen molar-refractivity contribution in [2.24, 2.45) is 0 Å². The molecule has 118 valence electrons. The average molecular weight is 329 g/mol. The molecule has 0 bridgehead atoms. The van der Waals surface area contributed by atoms with Crippen LogP contribution in [-0.4, -0.2) is 25.0 Å². The lowest BCUT2D eigenvalue weighted by molar-refractivity contribution is -0.290. The fourth-order valence-electron chi connectivity index (χ4n) is 2.02. The number of benzene rings is 1. The van der Waals surface area contributed by atoms with Crippen LogP contribution in [0.2, 0.25) is 0 Å². The van der Waals surface area contributed by atoms with Crippen LogP contribution in [0.15, 0.2) is 36.5 Å². The van der Waals surface area contributed by atoms with Crippen molar-refractivity contribution in [3.05, 3.63) is 57.9 Å². The summed E-state index contributed by atoms with van der Waals surface area (Å²) >= 11 is 5.11. The molecule has 2 rings (SSSR count). The monoisotopic (exact) mass is 329 g/mol. The van der Waals surface area contributed by atoms with Gasteiger partial charge in [-0.1, -0.05) is 18.3 Å². The Hall–Kier alpha value is -1.71. The SMILES string of the molecule is Cc1ccc(=S)n(-c2ccc(C(O)(O)F)c(C(O)(O)F)c2)c1. The molecule has 0 aliphatic rings. The molecule has 0 aliphatic heterocycles. The van der Waals surface area contributed by atoms with Crippen molar-refractivity contribution in [3.63, 3.8) is 0 Å². The van der Waals surface area contributed by atoms with Gasteiger partial charge in [-0.25, -0.2) is 0 Å². The van der Waals surface area contributed by atoms with E-state index in [-0.39, 0.29) is 5.69 Å². The Kier molecular flexibility index (Phi) is 4.16. The Labute approximate surface area is 129 Å². The van der Waals surface area contributed by atoms with Crippen LogP contribution in [0.4, 0.5) is 8.78 Å². The van der Waals surface area contributed by atoms with Gasteiger partial charge < -0.3 is 25.0 Å². The zero-order chi connectivity index (χ0) is 16.7. The number of hydrogen-bond donors (Lipinski definition) is 4. The predicted octanol–water partition coefficient (Wildman–Crippen LogP) is 1.64. The van der Waals surface area contributed by atoms with E-state index in [9.17, 15) is 8.78 Å². The molecule has 0 unspecified atom stereocenters. The highest BCUT2D eigenvalue weighted by Gasteiger charge is 2.37. The van der Waals surface area contributed by atoms with E-state index in [0.29, 0.717) is 4.64 Å². The normalized spacial score (nSPS) is 12.5. The first-order chi connectivity index (χ1) is 10.00. The first kappa shape index (κ1) is 16.7. The van der Waals surface area contributed by atoms with E-state index in [4.69, 9.17) is 32.6 Å². The molecule has 5 nitrogen and oxygen atoms in total. The maximum absolute atomic E-state index is 13.5. The molecule has 2 aromatic rings. The molecular weight excluding hydrogens is 316 g/mol. The van der Waals surface area contributed by atoms with E-state index < -0.39 is 23.2 Å². The lowest BCUT2D eigenvalue weighted by Gasteiger charge is -2.22. The summed E-state index contributed by atoms with van der Waals surface area (Å²) in [6.07, 6.45) is 1.61. The molecule has 0 radical (unpaired) electrons. The van der Waals surface area contributed by atoms with Gasteiger partial charge in [0.1, 0.15) is 4.64 Å². The summed E-state index contributed by atoms with van der Waals surface area (Å²) in [7, 11) is 0. The molecule has 0 spiro atoms. The van der Waals surface area contributed by atoms with Crippen LogP contribution in [0.25, 0.3) is 5.69 Å². The van der Waals surface area contributed by atoms with Crippen molar-refractivity contribution >= 4 is 12.2 Å². The number of aryl methyl sites for hydroxylation is 1. The fourth-order valence-corrected chi connectivity index (χ4v) is 2.24. The summed E-state index contributed by atoms with van der Waals surface area (Å²) in [6.45, 7) is 1.78. The molecule has 1 aromatic heterocycles. The van der Waals surface area contributed by atoms with Gasteiger partial charge in [0.25, 0.3) is 0 Å². The molecule has 0 aliphatic carbocycles. The third-order valence-corrected chi connectivity index (χ3v) is 3.36. The van der Waals surface area contributed by atoms with Gasteiger partial charge >= 0.3 is 12.1 Å². The lowest BCUT2D eigenvalue weighted by atomic mass is 10.0. The molecule has 1 heterocycles. The van der Waals surface area contributed by atoms with E-state index in [1.165, 1.54) is 10.6 Å². The third-order valence-electron chi connectivity index (χ3n) is 3.03. The Morgan fingerprint density at radius 1 is 0.955 bits per heavy atom. The Bertz CT molecular complexity index is 763. The topological polar surface area (TPSA) is 85.9 Å². The van der Waals surface area contributed by atoms with Crippen LogP contribution in [0.5, 0.6) is 0 Å². The van der Waals surface area contributed by atoms with E-state index in [1.807, 2.05) is 0 Å². The molecule has 1 aromatic carbocycles. The van der Waals surface area contributed by atoms with Gasteiger partial charge in [-0.2, -0.15) is 8.78 Å². The van der Waals surface area contributed by atoms with Gasteiger partial charge in [-0.3, -0.25) is 0 Å². The zero-order valence-electron chi connectivity index (χ0n) is 11.4. The van der Waals surface area contributed by atoms with Crippen LogP contribution in [-0.2, 0) is 12.1 Å². The van der Waals surface area contributed by atoms with Crippen molar-refractivity contribution in [3.8, 4) is 5.69 Å². The number of aliphatic hydroxyl groups is 4. The molecule has 22 heavy (non-hydrogen) atoms. The molecule has 8 heteroatoms. The van der Waals surface area contributed by atoms with Gasteiger partial charge in [0, 0.05) is 11.9 Å². The summed E-state index contributed by atoms with van der Waals surface area (Å²) in [5, 5.41) is 36.1. The minimum atomic E-state index is -3.96. The number of halogens is 2.